The van der Waals surface area contributed by atoms with E-state index in [4.69, 9.17) is 0 Å². The van der Waals surface area contributed by atoms with Crippen LogP contribution in [0, 0.1) is 0 Å². The molecule has 0 aromatic heterocycles. The van der Waals surface area contributed by atoms with Gasteiger partial charge >= 0.3 is 0 Å². The highest BCUT2D eigenvalue weighted by molar-refractivity contribution is 4.88. The lowest BCUT2D eigenvalue weighted by molar-refractivity contribution is 0.0405. The summed E-state index contributed by atoms with van der Waals surface area (Å²) < 4.78 is 0. The summed E-state index contributed by atoms with van der Waals surface area (Å²) in [6.07, 6.45) is 8.44. The minimum absolute atomic E-state index is 0.360. The SMILES string of the molecule is CCCCCCCC1(O)CCN(C)C1. The fraction of sp³-hybridized carbons (Fsp3) is 1.00. The van der Waals surface area contributed by atoms with Gasteiger partial charge in [0.05, 0.1) is 5.60 Å². The summed E-state index contributed by atoms with van der Waals surface area (Å²) in [7, 11) is 2.09. The Hall–Kier alpha value is -0.0800. The third-order valence-electron chi connectivity index (χ3n) is 3.27. The maximum absolute atomic E-state index is 10.2. The van der Waals surface area contributed by atoms with Gasteiger partial charge < -0.3 is 10.0 Å². The van der Waals surface area contributed by atoms with Crippen LogP contribution in [0.5, 0.6) is 0 Å². The van der Waals surface area contributed by atoms with Gasteiger partial charge in [0.1, 0.15) is 0 Å². The molecule has 0 aromatic rings. The first kappa shape index (κ1) is 12.0. The van der Waals surface area contributed by atoms with E-state index >= 15 is 0 Å². The van der Waals surface area contributed by atoms with Crippen LogP contribution in [0.15, 0.2) is 0 Å². The molecule has 1 fully saturated rings. The topological polar surface area (TPSA) is 23.5 Å². The molecule has 1 unspecified atom stereocenters. The Morgan fingerprint density at radius 2 is 1.93 bits per heavy atom. The Bertz CT molecular complexity index is 160. The molecule has 1 saturated heterocycles. The van der Waals surface area contributed by atoms with Crippen LogP contribution in [0.1, 0.15) is 51.9 Å². The predicted octanol–water partition coefficient (Wildman–Crippen LogP) is 2.41. The van der Waals surface area contributed by atoms with Crippen molar-refractivity contribution in [2.75, 3.05) is 20.1 Å². The number of aliphatic hydroxyl groups is 1. The Balaban J connectivity index is 2.05. The number of hydrogen-bond donors (Lipinski definition) is 1. The van der Waals surface area contributed by atoms with Gasteiger partial charge in [0.25, 0.3) is 0 Å². The van der Waals surface area contributed by atoms with Gasteiger partial charge in [-0.2, -0.15) is 0 Å². The van der Waals surface area contributed by atoms with Gasteiger partial charge in [0, 0.05) is 13.1 Å². The van der Waals surface area contributed by atoms with Crippen molar-refractivity contribution in [2.24, 2.45) is 0 Å². The van der Waals surface area contributed by atoms with E-state index in [-0.39, 0.29) is 5.60 Å². The molecule has 0 saturated carbocycles. The van der Waals surface area contributed by atoms with Gasteiger partial charge in [-0.1, -0.05) is 39.0 Å². The van der Waals surface area contributed by atoms with Crippen molar-refractivity contribution < 1.29 is 5.11 Å². The smallest absolute Gasteiger partial charge is 0.0786 e. The molecule has 1 N–H and O–H groups in total. The third kappa shape index (κ3) is 3.97. The molecule has 0 aliphatic carbocycles. The monoisotopic (exact) mass is 199 g/mol. The molecule has 2 nitrogen and oxygen atoms in total. The van der Waals surface area contributed by atoms with E-state index < -0.39 is 0 Å². The van der Waals surface area contributed by atoms with Crippen LogP contribution in [-0.2, 0) is 0 Å². The summed E-state index contributed by atoms with van der Waals surface area (Å²) >= 11 is 0. The van der Waals surface area contributed by atoms with Crippen LogP contribution >= 0.6 is 0 Å². The minimum Gasteiger partial charge on any atom is -0.389 e. The molecule has 1 aliphatic rings. The zero-order chi connectivity index (χ0) is 10.4. The number of hydrogen-bond acceptors (Lipinski definition) is 2. The molecule has 1 heterocycles. The average Bonchev–Trinajstić information content (AvgIpc) is 2.47. The van der Waals surface area contributed by atoms with Crippen LogP contribution in [0.3, 0.4) is 0 Å². The molecule has 1 aliphatic heterocycles. The second-order valence-corrected chi connectivity index (χ2v) is 4.88. The first-order valence-electron chi connectivity index (χ1n) is 6.07. The molecular weight excluding hydrogens is 174 g/mol. The van der Waals surface area contributed by atoms with Crippen molar-refractivity contribution in [2.45, 2.75) is 57.5 Å². The number of nitrogens with zero attached hydrogens (tertiary/aromatic N) is 1. The van der Waals surface area contributed by atoms with Crippen molar-refractivity contribution >= 4 is 0 Å². The summed E-state index contributed by atoms with van der Waals surface area (Å²) in [6.45, 7) is 4.17. The number of β-amino-alcohol motifs (C(OH)–C–C–N with tert-alkyl or cyclic N) is 1. The fourth-order valence-electron chi connectivity index (χ4n) is 2.32. The first-order chi connectivity index (χ1) is 6.66. The Kier molecular flexibility index (Phi) is 4.90. The zero-order valence-electron chi connectivity index (χ0n) is 9.76. The number of rotatable bonds is 6. The maximum atomic E-state index is 10.2. The van der Waals surface area contributed by atoms with Gasteiger partial charge in [-0.05, 0) is 19.9 Å². The number of likely N-dealkylation sites (tertiary alicyclic amines) is 1. The summed E-state index contributed by atoms with van der Waals surface area (Å²) in [5.41, 5.74) is -0.360. The highest BCUT2D eigenvalue weighted by Crippen LogP contribution is 2.25. The number of likely N-dealkylation sites (N-methyl/N-ethyl adjacent to an activating group) is 1. The summed E-state index contributed by atoms with van der Waals surface area (Å²) in [4.78, 5) is 2.23. The Morgan fingerprint density at radius 1 is 1.21 bits per heavy atom. The van der Waals surface area contributed by atoms with Crippen LogP contribution in [-0.4, -0.2) is 35.7 Å². The molecule has 1 rings (SSSR count). The van der Waals surface area contributed by atoms with Crippen LogP contribution < -0.4 is 0 Å². The standard InChI is InChI=1S/C12H25NO/c1-3-4-5-6-7-8-12(14)9-10-13(2)11-12/h14H,3-11H2,1-2H3. The molecule has 2 heteroatoms. The van der Waals surface area contributed by atoms with Crippen molar-refractivity contribution in [3.05, 3.63) is 0 Å². The highest BCUT2D eigenvalue weighted by Gasteiger charge is 2.33. The molecular formula is C12H25NO. The summed E-state index contributed by atoms with van der Waals surface area (Å²) in [5.74, 6) is 0. The van der Waals surface area contributed by atoms with E-state index in [1.807, 2.05) is 0 Å². The van der Waals surface area contributed by atoms with E-state index in [1.165, 1.54) is 32.1 Å². The maximum Gasteiger partial charge on any atom is 0.0786 e. The third-order valence-corrected chi connectivity index (χ3v) is 3.27. The number of unbranched alkanes of at least 4 members (excludes halogenated alkanes) is 4. The minimum atomic E-state index is -0.360. The lowest BCUT2D eigenvalue weighted by Crippen LogP contribution is -2.31. The molecule has 84 valence electrons. The molecule has 14 heavy (non-hydrogen) atoms. The fourth-order valence-corrected chi connectivity index (χ4v) is 2.32. The van der Waals surface area contributed by atoms with E-state index in [0.717, 1.165) is 25.9 Å². The van der Waals surface area contributed by atoms with Crippen LogP contribution in [0.25, 0.3) is 0 Å². The van der Waals surface area contributed by atoms with Gasteiger partial charge in [-0.25, -0.2) is 0 Å². The molecule has 0 radical (unpaired) electrons. The lowest BCUT2D eigenvalue weighted by atomic mass is 9.95. The van der Waals surface area contributed by atoms with Crippen LogP contribution in [0.2, 0.25) is 0 Å². The van der Waals surface area contributed by atoms with Gasteiger partial charge in [0.15, 0.2) is 0 Å². The molecule has 0 aromatic carbocycles. The molecule has 0 spiro atoms. The first-order valence-corrected chi connectivity index (χ1v) is 6.07. The van der Waals surface area contributed by atoms with Crippen molar-refractivity contribution in [1.29, 1.82) is 0 Å². The van der Waals surface area contributed by atoms with Crippen molar-refractivity contribution in [3.8, 4) is 0 Å². The molecule has 0 amide bonds. The quantitative estimate of drug-likeness (QED) is 0.664. The largest absolute Gasteiger partial charge is 0.389 e. The molecule has 0 bridgehead atoms. The lowest BCUT2D eigenvalue weighted by Gasteiger charge is -2.22. The second kappa shape index (κ2) is 5.72. The Labute approximate surface area is 88.3 Å². The molecule has 1 atom stereocenters. The zero-order valence-corrected chi connectivity index (χ0v) is 9.76. The highest BCUT2D eigenvalue weighted by atomic mass is 16.3. The average molecular weight is 199 g/mol. The Morgan fingerprint density at radius 3 is 2.50 bits per heavy atom. The van der Waals surface area contributed by atoms with E-state index in [1.54, 1.807) is 0 Å². The van der Waals surface area contributed by atoms with Gasteiger partial charge in [0.2, 0.25) is 0 Å². The summed E-state index contributed by atoms with van der Waals surface area (Å²) in [5, 5.41) is 10.2. The van der Waals surface area contributed by atoms with E-state index in [0.29, 0.717) is 0 Å². The predicted molar refractivity (Wildman–Crippen MR) is 60.4 cm³/mol. The van der Waals surface area contributed by atoms with Crippen molar-refractivity contribution in [3.63, 3.8) is 0 Å². The summed E-state index contributed by atoms with van der Waals surface area (Å²) in [6, 6.07) is 0. The normalized spacial score (nSPS) is 28.5. The van der Waals surface area contributed by atoms with Crippen molar-refractivity contribution in [1.82, 2.24) is 4.90 Å². The van der Waals surface area contributed by atoms with Gasteiger partial charge in [-0.15, -0.1) is 0 Å². The second-order valence-electron chi connectivity index (χ2n) is 4.88. The van der Waals surface area contributed by atoms with Crippen LogP contribution in [0.4, 0.5) is 0 Å². The van der Waals surface area contributed by atoms with E-state index in [2.05, 4.69) is 18.9 Å². The van der Waals surface area contributed by atoms with E-state index in [9.17, 15) is 5.11 Å². The van der Waals surface area contributed by atoms with Gasteiger partial charge in [-0.3, -0.25) is 0 Å².